The van der Waals surface area contributed by atoms with Crippen LogP contribution >= 0.6 is 0 Å². The molecular formula is C9H14N2O. The van der Waals surface area contributed by atoms with Crippen LogP contribution in [0.1, 0.15) is 24.4 Å². The number of rotatable bonds is 4. The Kier molecular flexibility index (Phi) is 3.70. The van der Waals surface area contributed by atoms with Crippen molar-refractivity contribution in [3.63, 3.8) is 0 Å². The SMILES string of the molecule is N[C@@H](CCCO)c1ccncc1. The van der Waals surface area contributed by atoms with Crippen LogP contribution in [0.4, 0.5) is 0 Å². The first-order valence-electron chi connectivity index (χ1n) is 4.11. The Morgan fingerprint density at radius 3 is 2.67 bits per heavy atom. The third-order valence-corrected chi connectivity index (χ3v) is 1.81. The zero-order valence-electron chi connectivity index (χ0n) is 6.98. The Labute approximate surface area is 72.2 Å². The van der Waals surface area contributed by atoms with E-state index in [1.165, 1.54) is 0 Å². The van der Waals surface area contributed by atoms with E-state index in [-0.39, 0.29) is 12.6 Å². The fourth-order valence-electron chi connectivity index (χ4n) is 1.09. The van der Waals surface area contributed by atoms with Crippen molar-refractivity contribution in [2.24, 2.45) is 5.73 Å². The smallest absolute Gasteiger partial charge is 0.0431 e. The molecule has 0 unspecified atom stereocenters. The molecule has 0 bridgehead atoms. The second-order valence-corrected chi connectivity index (χ2v) is 2.75. The molecule has 0 aliphatic carbocycles. The van der Waals surface area contributed by atoms with E-state index in [1.54, 1.807) is 12.4 Å². The van der Waals surface area contributed by atoms with E-state index in [4.69, 9.17) is 10.8 Å². The molecule has 0 fully saturated rings. The Morgan fingerprint density at radius 2 is 2.08 bits per heavy atom. The van der Waals surface area contributed by atoms with E-state index < -0.39 is 0 Å². The highest BCUT2D eigenvalue weighted by molar-refractivity contribution is 5.13. The van der Waals surface area contributed by atoms with Gasteiger partial charge in [0.1, 0.15) is 0 Å². The summed E-state index contributed by atoms with van der Waals surface area (Å²) in [5.74, 6) is 0. The van der Waals surface area contributed by atoms with Gasteiger partial charge in [-0.1, -0.05) is 0 Å². The van der Waals surface area contributed by atoms with Crippen molar-refractivity contribution in [1.82, 2.24) is 4.98 Å². The normalized spacial score (nSPS) is 12.8. The van der Waals surface area contributed by atoms with Crippen molar-refractivity contribution in [2.75, 3.05) is 6.61 Å². The molecule has 3 N–H and O–H groups in total. The van der Waals surface area contributed by atoms with Crippen molar-refractivity contribution in [1.29, 1.82) is 0 Å². The molecule has 0 saturated carbocycles. The summed E-state index contributed by atoms with van der Waals surface area (Å²) in [5.41, 5.74) is 6.92. The van der Waals surface area contributed by atoms with Gasteiger partial charge in [-0.3, -0.25) is 4.98 Å². The molecule has 3 heteroatoms. The number of nitrogens with two attached hydrogens (primary N) is 1. The zero-order chi connectivity index (χ0) is 8.81. The lowest BCUT2D eigenvalue weighted by molar-refractivity contribution is 0.280. The van der Waals surface area contributed by atoms with Gasteiger partial charge in [0.15, 0.2) is 0 Å². The van der Waals surface area contributed by atoms with Crippen molar-refractivity contribution in [3.8, 4) is 0 Å². The molecule has 1 atom stereocenters. The van der Waals surface area contributed by atoms with E-state index in [1.807, 2.05) is 12.1 Å². The molecule has 3 nitrogen and oxygen atoms in total. The topological polar surface area (TPSA) is 59.1 Å². The average Bonchev–Trinajstić information content (AvgIpc) is 2.15. The quantitative estimate of drug-likeness (QED) is 0.697. The van der Waals surface area contributed by atoms with Crippen LogP contribution in [0.2, 0.25) is 0 Å². The summed E-state index contributed by atoms with van der Waals surface area (Å²) in [4.78, 5) is 3.90. The summed E-state index contributed by atoms with van der Waals surface area (Å²) in [6.45, 7) is 0.207. The molecule has 66 valence electrons. The Bertz CT molecular complexity index is 213. The minimum atomic E-state index is 0.0279. The Balaban J connectivity index is 2.48. The van der Waals surface area contributed by atoms with E-state index in [9.17, 15) is 0 Å². The molecule has 0 amide bonds. The molecule has 0 radical (unpaired) electrons. The van der Waals surface area contributed by atoms with Gasteiger partial charge in [0, 0.05) is 25.0 Å². The summed E-state index contributed by atoms with van der Waals surface area (Å²) in [6, 6.07) is 3.84. The van der Waals surface area contributed by atoms with Gasteiger partial charge in [0.25, 0.3) is 0 Å². The first kappa shape index (κ1) is 9.16. The number of hydrogen-bond acceptors (Lipinski definition) is 3. The average molecular weight is 166 g/mol. The number of hydrogen-bond donors (Lipinski definition) is 2. The lowest BCUT2D eigenvalue weighted by Gasteiger charge is -2.09. The van der Waals surface area contributed by atoms with Gasteiger partial charge in [0.05, 0.1) is 0 Å². The largest absolute Gasteiger partial charge is 0.396 e. The number of aromatic nitrogens is 1. The van der Waals surface area contributed by atoms with Crippen LogP contribution in [0.25, 0.3) is 0 Å². The first-order chi connectivity index (χ1) is 5.84. The second kappa shape index (κ2) is 4.85. The molecule has 0 aromatic carbocycles. The third-order valence-electron chi connectivity index (χ3n) is 1.81. The highest BCUT2D eigenvalue weighted by Gasteiger charge is 2.03. The summed E-state index contributed by atoms with van der Waals surface area (Å²) in [7, 11) is 0. The molecule has 1 aromatic heterocycles. The van der Waals surface area contributed by atoms with Crippen molar-refractivity contribution < 1.29 is 5.11 Å². The van der Waals surface area contributed by atoms with Gasteiger partial charge < -0.3 is 10.8 Å². The van der Waals surface area contributed by atoms with Gasteiger partial charge in [-0.05, 0) is 30.5 Å². The molecule has 0 aliphatic rings. The minimum Gasteiger partial charge on any atom is -0.396 e. The summed E-state index contributed by atoms with van der Waals surface area (Å²) < 4.78 is 0. The zero-order valence-corrected chi connectivity index (χ0v) is 6.98. The fourth-order valence-corrected chi connectivity index (χ4v) is 1.09. The molecule has 0 spiro atoms. The molecule has 1 aromatic rings. The highest BCUT2D eigenvalue weighted by atomic mass is 16.2. The molecular weight excluding hydrogens is 152 g/mol. The van der Waals surface area contributed by atoms with Crippen LogP contribution < -0.4 is 5.73 Å². The molecule has 1 rings (SSSR count). The van der Waals surface area contributed by atoms with Crippen LogP contribution in [0.3, 0.4) is 0 Å². The van der Waals surface area contributed by atoms with Gasteiger partial charge in [0.2, 0.25) is 0 Å². The number of nitrogens with zero attached hydrogens (tertiary/aromatic N) is 1. The predicted molar refractivity (Wildman–Crippen MR) is 47.5 cm³/mol. The lowest BCUT2D eigenvalue weighted by Crippen LogP contribution is -2.10. The maximum absolute atomic E-state index is 8.59. The Hall–Kier alpha value is -0.930. The maximum Gasteiger partial charge on any atom is 0.0431 e. The number of aliphatic hydroxyl groups excluding tert-OH is 1. The van der Waals surface area contributed by atoms with E-state index in [0.717, 1.165) is 18.4 Å². The minimum absolute atomic E-state index is 0.0279. The molecule has 0 aliphatic heterocycles. The monoisotopic (exact) mass is 166 g/mol. The van der Waals surface area contributed by atoms with Crippen LogP contribution in [-0.2, 0) is 0 Å². The highest BCUT2D eigenvalue weighted by Crippen LogP contribution is 2.13. The van der Waals surface area contributed by atoms with Crippen LogP contribution in [0.15, 0.2) is 24.5 Å². The molecule has 0 saturated heterocycles. The van der Waals surface area contributed by atoms with Crippen LogP contribution in [0.5, 0.6) is 0 Å². The van der Waals surface area contributed by atoms with Crippen molar-refractivity contribution in [3.05, 3.63) is 30.1 Å². The predicted octanol–water partition coefficient (Wildman–Crippen LogP) is 0.854. The summed E-state index contributed by atoms with van der Waals surface area (Å²) >= 11 is 0. The van der Waals surface area contributed by atoms with Crippen molar-refractivity contribution >= 4 is 0 Å². The second-order valence-electron chi connectivity index (χ2n) is 2.75. The van der Waals surface area contributed by atoms with E-state index in [0.29, 0.717) is 0 Å². The maximum atomic E-state index is 8.59. The van der Waals surface area contributed by atoms with E-state index >= 15 is 0 Å². The van der Waals surface area contributed by atoms with Crippen LogP contribution in [0, 0.1) is 0 Å². The van der Waals surface area contributed by atoms with Gasteiger partial charge >= 0.3 is 0 Å². The first-order valence-corrected chi connectivity index (χ1v) is 4.11. The molecule has 1 heterocycles. The van der Waals surface area contributed by atoms with Gasteiger partial charge in [-0.25, -0.2) is 0 Å². The summed E-state index contributed by atoms with van der Waals surface area (Å²) in [5, 5.41) is 8.59. The van der Waals surface area contributed by atoms with Crippen molar-refractivity contribution in [2.45, 2.75) is 18.9 Å². The van der Waals surface area contributed by atoms with Gasteiger partial charge in [-0.2, -0.15) is 0 Å². The van der Waals surface area contributed by atoms with Crippen LogP contribution in [-0.4, -0.2) is 16.7 Å². The lowest BCUT2D eigenvalue weighted by atomic mass is 10.1. The number of aliphatic hydroxyl groups is 1. The van der Waals surface area contributed by atoms with E-state index in [2.05, 4.69) is 4.98 Å². The van der Waals surface area contributed by atoms with Gasteiger partial charge in [-0.15, -0.1) is 0 Å². The Morgan fingerprint density at radius 1 is 1.42 bits per heavy atom. The molecule has 12 heavy (non-hydrogen) atoms. The number of pyridine rings is 1. The third kappa shape index (κ3) is 2.60. The standard InChI is InChI=1S/C9H14N2O/c10-9(2-1-7-12)8-3-5-11-6-4-8/h3-6,9,12H,1-2,7,10H2/t9-/m0/s1. The summed E-state index contributed by atoms with van der Waals surface area (Å²) in [6.07, 6.45) is 5.03. The fraction of sp³-hybridized carbons (Fsp3) is 0.444.